The van der Waals surface area contributed by atoms with Crippen molar-refractivity contribution in [2.45, 2.75) is 52.4 Å². The molecular formula is C33H40FN7O3. The Kier molecular flexibility index (Phi) is 9.03. The standard InChI is InChI=1S/C25H28FN5O2.C8H12N2O/c1-29(2)19-11-9-16(10-12-19)13-21-27-22-23(28-21)30(14-17-7-8-17)25(33)31(24(22)32)15-18-5-3-4-6-20(18)26;1-6-4-10(3)9-7(2)8(6)5-11/h3-6,9-12,17,21,27-28H,7-8,13-15H2,1-2H3;5H,4H2,1-3H3. The minimum Gasteiger partial charge on any atom is -0.378 e. The maximum atomic E-state index is 14.3. The SMILES string of the molecule is CC1=NN(C)CC(C)=C1C=O.CN(C)c1ccc(CC2Nc3c(n(CC4CC4)c(=O)n(Cc4ccccc4F)c3=O)N2)cc1. The summed E-state index contributed by atoms with van der Waals surface area (Å²) in [7, 11) is 5.89. The van der Waals surface area contributed by atoms with Crippen molar-refractivity contribution in [1.82, 2.24) is 14.1 Å². The zero-order chi connectivity index (χ0) is 31.5. The van der Waals surface area contributed by atoms with E-state index in [-0.39, 0.29) is 12.7 Å². The van der Waals surface area contributed by atoms with Crippen LogP contribution in [0.5, 0.6) is 0 Å². The zero-order valence-corrected chi connectivity index (χ0v) is 25.9. The number of benzene rings is 2. The fourth-order valence-electron chi connectivity index (χ4n) is 5.56. The second-order valence-corrected chi connectivity index (χ2v) is 12.0. The van der Waals surface area contributed by atoms with Gasteiger partial charge < -0.3 is 15.5 Å². The van der Waals surface area contributed by atoms with Gasteiger partial charge in [-0.15, -0.1) is 0 Å². The molecule has 1 unspecified atom stereocenters. The van der Waals surface area contributed by atoms with E-state index in [9.17, 15) is 18.8 Å². The van der Waals surface area contributed by atoms with Crippen molar-refractivity contribution >= 4 is 29.2 Å². The van der Waals surface area contributed by atoms with E-state index >= 15 is 0 Å². The van der Waals surface area contributed by atoms with Crippen LogP contribution in [0.4, 0.5) is 21.6 Å². The molecule has 0 radical (unpaired) electrons. The summed E-state index contributed by atoms with van der Waals surface area (Å²) in [6, 6.07) is 14.5. The number of likely N-dealkylation sites (N-methyl/N-ethyl adjacent to an activating group) is 1. The molecule has 0 spiro atoms. The van der Waals surface area contributed by atoms with Crippen LogP contribution >= 0.6 is 0 Å². The molecule has 232 valence electrons. The number of carbonyl (C=O) groups is 1. The van der Waals surface area contributed by atoms with Gasteiger partial charge in [-0.25, -0.2) is 9.18 Å². The Morgan fingerprint density at radius 3 is 2.34 bits per heavy atom. The van der Waals surface area contributed by atoms with Crippen LogP contribution < -0.4 is 26.8 Å². The highest BCUT2D eigenvalue weighted by Crippen LogP contribution is 2.33. The Morgan fingerprint density at radius 2 is 1.73 bits per heavy atom. The molecule has 0 saturated heterocycles. The minimum atomic E-state index is -0.428. The molecule has 10 nitrogen and oxygen atoms in total. The molecule has 0 bridgehead atoms. The summed E-state index contributed by atoms with van der Waals surface area (Å²) >= 11 is 0. The molecule has 1 aromatic heterocycles. The van der Waals surface area contributed by atoms with E-state index < -0.39 is 17.1 Å². The summed E-state index contributed by atoms with van der Waals surface area (Å²) < 4.78 is 17.1. The van der Waals surface area contributed by atoms with Gasteiger partial charge in [0.2, 0.25) is 0 Å². The number of hydrogen-bond donors (Lipinski definition) is 2. The topological polar surface area (TPSA) is 104 Å². The molecule has 3 aromatic rings. The van der Waals surface area contributed by atoms with Crippen molar-refractivity contribution in [3.8, 4) is 0 Å². The fourth-order valence-corrected chi connectivity index (χ4v) is 5.56. The third-order valence-electron chi connectivity index (χ3n) is 8.13. The van der Waals surface area contributed by atoms with Gasteiger partial charge in [0.05, 0.1) is 18.8 Å². The van der Waals surface area contributed by atoms with E-state index in [4.69, 9.17) is 0 Å². The average Bonchev–Trinajstić information content (AvgIpc) is 3.71. The highest BCUT2D eigenvalue weighted by molar-refractivity contribution is 6.14. The maximum absolute atomic E-state index is 14.3. The molecule has 2 aliphatic heterocycles. The van der Waals surface area contributed by atoms with Crippen LogP contribution in [0.1, 0.15) is 37.8 Å². The minimum absolute atomic E-state index is 0.0966. The molecule has 44 heavy (non-hydrogen) atoms. The number of nitrogens with zero attached hydrogens (tertiary/aromatic N) is 5. The van der Waals surface area contributed by atoms with Gasteiger partial charge in [0.15, 0.2) is 6.29 Å². The third kappa shape index (κ3) is 6.77. The van der Waals surface area contributed by atoms with Gasteiger partial charge >= 0.3 is 5.69 Å². The Bertz CT molecular complexity index is 1720. The largest absolute Gasteiger partial charge is 0.378 e. The lowest BCUT2D eigenvalue weighted by molar-refractivity contribution is -0.104. The molecule has 1 atom stereocenters. The number of anilines is 3. The summed E-state index contributed by atoms with van der Waals surface area (Å²) in [6.45, 7) is 5.02. The lowest BCUT2D eigenvalue weighted by atomic mass is 10.1. The van der Waals surface area contributed by atoms with Crippen LogP contribution in [-0.2, 0) is 24.3 Å². The molecule has 6 rings (SSSR count). The van der Waals surface area contributed by atoms with E-state index in [1.165, 1.54) is 6.07 Å². The second kappa shape index (κ2) is 12.9. The number of carbonyl (C=O) groups excluding carboxylic acids is 1. The van der Waals surface area contributed by atoms with Crippen LogP contribution in [0.2, 0.25) is 0 Å². The molecule has 3 aliphatic rings. The van der Waals surface area contributed by atoms with E-state index in [0.717, 1.165) is 58.3 Å². The molecule has 2 aromatic carbocycles. The lowest BCUT2D eigenvalue weighted by Crippen LogP contribution is -2.41. The molecular weight excluding hydrogens is 561 g/mol. The molecule has 1 saturated carbocycles. The van der Waals surface area contributed by atoms with Gasteiger partial charge in [-0.2, -0.15) is 5.10 Å². The number of aromatic nitrogens is 2. The summed E-state index contributed by atoms with van der Waals surface area (Å²) in [6.07, 6.45) is 3.45. The summed E-state index contributed by atoms with van der Waals surface area (Å²) in [5.74, 6) is 0.547. The molecule has 11 heteroatoms. The molecule has 2 N–H and O–H groups in total. The lowest BCUT2D eigenvalue weighted by Gasteiger charge is -2.21. The Morgan fingerprint density at radius 1 is 1.02 bits per heavy atom. The quantitative estimate of drug-likeness (QED) is 0.378. The fraction of sp³-hybridized carbons (Fsp3) is 0.394. The van der Waals surface area contributed by atoms with Gasteiger partial charge in [0.1, 0.15) is 23.5 Å². The number of fused-ring (bicyclic) bond motifs is 1. The maximum Gasteiger partial charge on any atom is 0.333 e. The van der Waals surface area contributed by atoms with Gasteiger partial charge in [0.25, 0.3) is 5.56 Å². The van der Waals surface area contributed by atoms with Crippen LogP contribution in [0.15, 0.2) is 74.4 Å². The predicted molar refractivity (Wildman–Crippen MR) is 173 cm³/mol. The average molecular weight is 602 g/mol. The predicted octanol–water partition coefficient (Wildman–Crippen LogP) is 3.90. The van der Waals surface area contributed by atoms with Crippen molar-refractivity contribution in [3.05, 3.63) is 97.5 Å². The molecule has 0 amide bonds. The van der Waals surface area contributed by atoms with Crippen LogP contribution in [0, 0.1) is 11.7 Å². The Labute approximate surface area is 256 Å². The number of allylic oxidation sites excluding steroid dienone is 1. The Balaban J connectivity index is 0.000000296. The van der Waals surface area contributed by atoms with Crippen molar-refractivity contribution in [2.75, 3.05) is 43.2 Å². The molecule has 1 fully saturated rings. The number of hydrazone groups is 1. The zero-order valence-electron chi connectivity index (χ0n) is 25.9. The highest BCUT2D eigenvalue weighted by atomic mass is 19.1. The number of rotatable bonds is 8. The van der Waals surface area contributed by atoms with Gasteiger partial charge in [-0.05, 0) is 61.9 Å². The number of hydrogen-bond acceptors (Lipinski definition) is 8. The monoisotopic (exact) mass is 601 g/mol. The van der Waals surface area contributed by atoms with E-state index in [1.807, 2.05) is 44.9 Å². The van der Waals surface area contributed by atoms with Crippen LogP contribution in [0.3, 0.4) is 0 Å². The number of halogens is 1. The van der Waals surface area contributed by atoms with E-state index in [2.05, 4.69) is 40.0 Å². The smallest absolute Gasteiger partial charge is 0.333 e. The van der Waals surface area contributed by atoms with E-state index in [0.29, 0.717) is 36.0 Å². The van der Waals surface area contributed by atoms with Crippen molar-refractivity contribution in [1.29, 1.82) is 0 Å². The summed E-state index contributed by atoms with van der Waals surface area (Å²) in [4.78, 5) is 39.2. The van der Waals surface area contributed by atoms with Crippen molar-refractivity contribution in [2.24, 2.45) is 11.0 Å². The van der Waals surface area contributed by atoms with Gasteiger partial charge in [-0.3, -0.25) is 23.7 Å². The van der Waals surface area contributed by atoms with Crippen LogP contribution in [-0.4, -0.2) is 60.0 Å². The first kappa shape index (κ1) is 30.8. The highest BCUT2D eigenvalue weighted by Gasteiger charge is 2.31. The normalized spacial score (nSPS) is 17.2. The van der Waals surface area contributed by atoms with Crippen molar-refractivity contribution in [3.63, 3.8) is 0 Å². The summed E-state index contributed by atoms with van der Waals surface area (Å²) in [5.41, 5.74) is 4.75. The first-order valence-electron chi connectivity index (χ1n) is 14.9. The van der Waals surface area contributed by atoms with Crippen LogP contribution in [0.25, 0.3) is 0 Å². The van der Waals surface area contributed by atoms with Crippen molar-refractivity contribution < 1.29 is 9.18 Å². The first-order valence-corrected chi connectivity index (χ1v) is 14.9. The molecule has 3 heterocycles. The van der Waals surface area contributed by atoms with Gasteiger partial charge in [0, 0.05) is 50.9 Å². The first-order chi connectivity index (χ1) is 21.0. The van der Waals surface area contributed by atoms with Gasteiger partial charge in [-0.1, -0.05) is 30.3 Å². The number of nitrogens with one attached hydrogen (secondary N) is 2. The molecule has 1 aliphatic carbocycles. The summed E-state index contributed by atoms with van der Waals surface area (Å²) in [5, 5.41) is 12.6. The second-order valence-electron chi connectivity index (χ2n) is 12.0. The number of aldehydes is 1. The van der Waals surface area contributed by atoms with E-state index in [1.54, 1.807) is 22.8 Å². The third-order valence-corrected chi connectivity index (χ3v) is 8.13. The Hall–Kier alpha value is -4.67.